The molecule has 0 spiro atoms. The van der Waals surface area contributed by atoms with E-state index in [1.165, 1.54) is 37.9 Å². The van der Waals surface area contributed by atoms with Crippen molar-refractivity contribution in [3.05, 3.63) is 35.4 Å². The van der Waals surface area contributed by atoms with Crippen LogP contribution in [0.2, 0.25) is 0 Å². The Labute approximate surface area is 141 Å². The molecule has 0 bridgehead atoms. The molecule has 1 N–H and O–H groups in total. The molecule has 0 saturated carbocycles. The molecule has 128 valence electrons. The van der Waals surface area contributed by atoms with Crippen molar-refractivity contribution in [2.45, 2.75) is 58.9 Å². The summed E-state index contributed by atoms with van der Waals surface area (Å²) >= 11 is 0. The van der Waals surface area contributed by atoms with E-state index in [0.29, 0.717) is 12.3 Å². The molecule has 1 aromatic rings. The van der Waals surface area contributed by atoms with Crippen molar-refractivity contribution >= 4 is 5.91 Å². The molecular formula is C20H32N2O. The summed E-state index contributed by atoms with van der Waals surface area (Å²) in [6.07, 6.45) is 5.52. The highest BCUT2D eigenvalue weighted by molar-refractivity contribution is 5.78. The Balaban J connectivity index is 1.74. The largest absolute Gasteiger partial charge is 0.352 e. The van der Waals surface area contributed by atoms with Gasteiger partial charge in [-0.15, -0.1) is 0 Å². The lowest BCUT2D eigenvalue weighted by molar-refractivity contribution is -0.121. The average molecular weight is 316 g/mol. The molecule has 1 aliphatic heterocycles. The van der Waals surface area contributed by atoms with E-state index in [1.807, 2.05) is 0 Å². The maximum absolute atomic E-state index is 12.2. The van der Waals surface area contributed by atoms with Crippen LogP contribution in [0.4, 0.5) is 0 Å². The normalized spacial score (nSPS) is 17.2. The summed E-state index contributed by atoms with van der Waals surface area (Å²) in [5.74, 6) is 0.797. The third-order valence-electron chi connectivity index (χ3n) is 4.42. The van der Waals surface area contributed by atoms with Gasteiger partial charge in [-0.25, -0.2) is 0 Å². The maximum Gasteiger partial charge on any atom is 0.224 e. The first-order chi connectivity index (χ1) is 11.0. The van der Waals surface area contributed by atoms with E-state index in [-0.39, 0.29) is 11.9 Å². The predicted octanol–water partition coefficient (Wildman–Crippen LogP) is 3.42. The fraction of sp³-hybridized carbons (Fsp3) is 0.650. The van der Waals surface area contributed by atoms with E-state index in [0.717, 1.165) is 18.5 Å². The van der Waals surface area contributed by atoms with Gasteiger partial charge in [-0.2, -0.15) is 0 Å². The maximum atomic E-state index is 12.2. The van der Waals surface area contributed by atoms with Gasteiger partial charge in [-0.3, -0.25) is 4.79 Å². The Kier molecular flexibility index (Phi) is 7.10. The number of carbonyl (C=O) groups is 1. The molecule has 1 amide bonds. The highest BCUT2D eigenvalue weighted by Gasteiger charge is 2.15. The Morgan fingerprint density at radius 2 is 1.65 bits per heavy atom. The van der Waals surface area contributed by atoms with Gasteiger partial charge < -0.3 is 10.2 Å². The Morgan fingerprint density at radius 1 is 1.04 bits per heavy atom. The standard InChI is InChI=1S/C20H32N2O/c1-16(2)13-18-7-9-19(10-8-18)14-20(23)21-17(3)15-22-11-5-4-6-12-22/h7-10,16-17H,4-6,11-15H2,1-3H3,(H,21,23). The lowest BCUT2D eigenvalue weighted by atomic mass is 10.0. The highest BCUT2D eigenvalue weighted by atomic mass is 16.1. The van der Waals surface area contributed by atoms with Crippen molar-refractivity contribution in [1.82, 2.24) is 10.2 Å². The fourth-order valence-electron chi connectivity index (χ4n) is 3.35. The number of carbonyl (C=O) groups excluding carboxylic acids is 1. The van der Waals surface area contributed by atoms with Crippen molar-refractivity contribution in [2.75, 3.05) is 19.6 Å². The van der Waals surface area contributed by atoms with Gasteiger partial charge in [-0.1, -0.05) is 44.5 Å². The van der Waals surface area contributed by atoms with E-state index in [9.17, 15) is 4.79 Å². The number of nitrogens with one attached hydrogen (secondary N) is 1. The first-order valence-corrected chi connectivity index (χ1v) is 9.12. The first kappa shape index (κ1) is 18.0. The van der Waals surface area contributed by atoms with Crippen LogP contribution in [0.15, 0.2) is 24.3 Å². The smallest absolute Gasteiger partial charge is 0.224 e. The molecule has 1 atom stereocenters. The Bertz CT molecular complexity index is 475. The zero-order valence-electron chi connectivity index (χ0n) is 15.0. The van der Waals surface area contributed by atoms with Gasteiger partial charge in [-0.05, 0) is 56.3 Å². The van der Waals surface area contributed by atoms with Crippen LogP contribution in [0, 0.1) is 5.92 Å². The van der Waals surface area contributed by atoms with Crippen LogP contribution >= 0.6 is 0 Å². The van der Waals surface area contributed by atoms with Gasteiger partial charge >= 0.3 is 0 Å². The van der Waals surface area contributed by atoms with Gasteiger partial charge in [0.1, 0.15) is 0 Å². The molecule has 3 heteroatoms. The van der Waals surface area contributed by atoms with E-state index in [2.05, 4.69) is 55.3 Å². The zero-order valence-corrected chi connectivity index (χ0v) is 15.0. The summed E-state index contributed by atoms with van der Waals surface area (Å²) in [5.41, 5.74) is 2.45. The SMILES string of the molecule is CC(C)Cc1ccc(CC(=O)NC(C)CN2CCCCC2)cc1. The second kappa shape index (κ2) is 9.07. The van der Waals surface area contributed by atoms with Crippen molar-refractivity contribution in [3.63, 3.8) is 0 Å². The van der Waals surface area contributed by atoms with Crippen molar-refractivity contribution < 1.29 is 4.79 Å². The number of likely N-dealkylation sites (tertiary alicyclic amines) is 1. The van der Waals surface area contributed by atoms with Gasteiger partial charge in [0.25, 0.3) is 0 Å². The number of amides is 1. The molecule has 3 nitrogen and oxygen atoms in total. The third kappa shape index (κ3) is 6.74. The van der Waals surface area contributed by atoms with Crippen LogP contribution < -0.4 is 5.32 Å². The average Bonchev–Trinajstić information content (AvgIpc) is 2.49. The van der Waals surface area contributed by atoms with Crippen LogP contribution in [0.3, 0.4) is 0 Å². The van der Waals surface area contributed by atoms with Crippen LogP contribution in [0.5, 0.6) is 0 Å². The second-order valence-electron chi connectivity index (χ2n) is 7.42. The number of nitrogens with zero attached hydrogens (tertiary/aromatic N) is 1. The number of hydrogen-bond acceptors (Lipinski definition) is 2. The molecule has 0 radical (unpaired) electrons. The predicted molar refractivity (Wildman–Crippen MR) is 96.6 cm³/mol. The van der Waals surface area contributed by atoms with Crippen molar-refractivity contribution in [3.8, 4) is 0 Å². The van der Waals surface area contributed by atoms with Gasteiger partial charge in [0, 0.05) is 12.6 Å². The molecule has 1 aliphatic rings. The quantitative estimate of drug-likeness (QED) is 0.836. The van der Waals surface area contributed by atoms with E-state index in [1.54, 1.807) is 0 Å². The summed E-state index contributed by atoms with van der Waals surface area (Å²) < 4.78 is 0. The molecule has 1 fully saturated rings. The monoisotopic (exact) mass is 316 g/mol. The number of piperidine rings is 1. The minimum absolute atomic E-state index is 0.131. The van der Waals surface area contributed by atoms with Crippen LogP contribution in [0.25, 0.3) is 0 Å². The van der Waals surface area contributed by atoms with Crippen LogP contribution in [-0.2, 0) is 17.6 Å². The molecule has 1 aromatic carbocycles. The highest BCUT2D eigenvalue weighted by Crippen LogP contribution is 2.11. The number of hydrogen-bond donors (Lipinski definition) is 1. The summed E-state index contributed by atoms with van der Waals surface area (Å²) in [6.45, 7) is 9.89. The lowest BCUT2D eigenvalue weighted by Gasteiger charge is -2.29. The summed E-state index contributed by atoms with van der Waals surface area (Å²) in [4.78, 5) is 14.7. The minimum Gasteiger partial charge on any atom is -0.352 e. The van der Waals surface area contributed by atoms with Crippen molar-refractivity contribution in [2.24, 2.45) is 5.92 Å². The number of rotatable bonds is 7. The molecular weight excluding hydrogens is 284 g/mol. The summed E-state index contributed by atoms with van der Waals surface area (Å²) in [5, 5.41) is 3.14. The molecule has 0 aromatic heterocycles. The van der Waals surface area contributed by atoms with E-state index >= 15 is 0 Å². The molecule has 23 heavy (non-hydrogen) atoms. The van der Waals surface area contributed by atoms with Gasteiger partial charge in [0.2, 0.25) is 5.91 Å². The lowest BCUT2D eigenvalue weighted by Crippen LogP contribution is -2.44. The minimum atomic E-state index is 0.131. The van der Waals surface area contributed by atoms with Crippen LogP contribution in [0.1, 0.15) is 51.2 Å². The van der Waals surface area contributed by atoms with Crippen molar-refractivity contribution in [1.29, 1.82) is 0 Å². The van der Waals surface area contributed by atoms with Gasteiger partial charge in [0.05, 0.1) is 6.42 Å². The summed E-state index contributed by atoms with van der Waals surface area (Å²) in [6, 6.07) is 8.71. The van der Waals surface area contributed by atoms with Gasteiger partial charge in [0.15, 0.2) is 0 Å². The molecule has 2 rings (SSSR count). The molecule has 1 heterocycles. The van der Waals surface area contributed by atoms with Crippen LogP contribution in [-0.4, -0.2) is 36.5 Å². The molecule has 1 unspecified atom stereocenters. The second-order valence-corrected chi connectivity index (χ2v) is 7.42. The molecule has 1 saturated heterocycles. The topological polar surface area (TPSA) is 32.3 Å². The molecule has 0 aliphatic carbocycles. The summed E-state index contributed by atoms with van der Waals surface area (Å²) in [7, 11) is 0. The fourth-order valence-corrected chi connectivity index (χ4v) is 3.35. The van der Waals surface area contributed by atoms with E-state index in [4.69, 9.17) is 0 Å². The third-order valence-corrected chi connectivity index (χ3v) is 4.42. The Hall–Kier alpha value is -1.35. The van der Waals surface area contributed by atoms with E-state index < -0.39 is 0 Å². The zero-order chi connectivity index (χ0) is 16.7. The Morgan fingerprint density at radius 3 is 2.26 bits per heavy atom. The number of benzene rings is 1. The first-order valence-electron chi connectivity index (χ1n) is 9.12.